The topological polar surface area (TPSA) is 80.9 Å². The molecular weight excluding hydrogens is 148 g/mol. The van der Waals surface area contributed by atoms with Crippen LogP contribution in [-0.2, 0) is 0 Å². The van der Waals surface area contributed by atoms with Crippen molar-refractivity contribution in [2.75, 3.05) is 19.8 Å². The number of hydrogen-bond donors (Lipinski definition) is 4. The Bertz CT molecular complexity index is 37.4. The molecule has 4 N–H and O–H groups in total. The van der Waals surface area contributed by atoms with Crippen LogP contribution < -0.4 is 0 Å². The highest BCUT2D eigenvalue weighted by Gasteiger charge is 1.93. The summed E-state index contributed by atoms with van der Waals surface area (Å²) in [6.45, 7) is 5.20. The zero-order valence-electron chi connectivity index (χ0n) is 7.49. The number of rotatable bonds is 2. The molecule has 0 unspecified atom stereocenters. The van der Waals surface area contributed by atoms with E-state index in [4.69, 9.17) is 20.4 Å². The first-order chi connectivity index (χ1) is 5.22. The van der Waals surface area contributed by atoms with Gasteiger partial charge in [-0.3, -0.25) is 0 Å². The van der Waals surface area contributed by atoms with E-state index in [0.29, 0.717) is 0 Å². The Morgan fingerprint density at radius 1 is 1.00 bits per heavy atom. The van der Waals surface area contributed by atoms with E-state index in [9.17, 15) is 0 Å². The maximum Gasteiger partial charge on any atom is 0.100 e. The Kier molecular flexibility index (Phi) is 35.0. The van der Waals surface area contributed by atoms with Gasteiger partial charge in [0.15, 0.2) is 0 Å². The normalized spacial score (nSPS) is 7.64. The lowest BCUT2D eigenvalue weighted by Gasteiger charge is -1.96. The van der Waals surface area contributed by atoms with Crippen LogP contribution in [0.5, 0.6) is 0 Å². The summed E-state index contributed by atoms with van der Waals surface area (Å²) in [6, 6.07) is 0. The molecule has 0 aromatic heterocycles. The van der Waals surface area contributed by atoms with Gasteiger partial charge < -0.3 is 20.4 Å². The number of aliphatic hydroxyl groups excluding tert-OH is 4. The fourth-order valence-corrected chi connectivity index (χ4v) is 0.0577. The summed E-state index contributed by atoms with van der Waals surface area (Å²) >= 11 is 0. The van der Waals surface area contributed by atoms with E-state index in [0.717, 1.165) is 0 Å². The van der Waals surface area contributed by atoms with Crippen LogP contribution in [0.25, 0.3) is 0 Å². The zero-order valence-corrected chi connectivity index (χ0v) is 7.49. The molecule has 0 aliphatic carbocycles. The lowest BCUT2D eigenvalue weighted by atomic mass is 10.4. The van der Waals surface area contributed by atoms with Crippen LogP contribution in [0.3, 0.4) is 0 Å². The molecule has 72 valence electrons. The average Bonchev–Trinajstić information content (AvgIpc) is 2.08. The highest BCUT2D eigenvalue weighted by molar-refractivity contribution is 4.43. The predicted octanol–water partition coefficient (Wildman–Crippen LogP) is -0.643. The van der Waals surface area contributed by atoms with E-state index in [1.165, 1.54) is 0 Å². The first-order valence-corrected chi connectivity index (χ1v) is 3.73. The fraction of sp³-hybridized carbons (Fsp3) is 1.00. The minimum atomic E-state index is -0.954. The molecule has 0 spiro atoms. The van der Waals surface area contributed by atoms with Crippen LogP contribution in [0.4, 0.5) is 0 Å². The van der Waals surface area contributed by atoms with Crippen molar-refractivity contribution in [3.63, 3.8) is 0 Å². The molecule has 0 amide bonds. The lowest BCUT2D eigenvalue weighted by molar-refractivity contribution is 0.0450. The minimum Gasteiger partial charge on any atom is -0.397 e. The maximum atomic E-state index is 8.17. The van der Waals surface area contributed by atoms with E-state index in [1.807, 2.05) is 13.8 Å². The average molecular weight is 168 g/mol. The maximum absolute atomic E-state index is 8.17. The largest absolute Gasteiger partial charge is 0.397 e. The van der Waals surface area contributed by atoms with Crippen molar-refractivity contribution in [1.82, 2.24) is 0 Å². The zero-order chi connectivity index (χ0) is 9.70. The Morgan fingerprint density at radius 2 is 1.18 bits per heavy atom. The SMILES string of the molecule is CC.CCO.OCC(O)CO. The number of hydrogen-bond acceptors (Lipinski definition) is 4. The van der Waals surface area contributed by atoms with Gasteiger partial charge in [0, 0.05) is 6.61 Å². The third-order valence-corrected chi connectivity index (χ3v) is 0.421. The second-order valence-corrected chi connectivity index (χ2v) is 1.34. The van der Waals surface area contributed by atoms with Gasteiger partial charge in [-0.1, -0.05) is 13.8 Å². The Labute approximate surface area is 68.1 Å². The summed E-state index contributed by atoms with van der Waals surface area (Å²) in [5.41, 5.74) is 0. The summed E-state index contributed by atoms with van der Waals surface area (Å²) in [5.74, 6) is 0. The molecule has 4 heteroatoms. The molecule has 0 bridgehead atoms. The first-order valence-electron chi connectivity index (χ1n) is 3.73. The molecule has 0 radical (unpaired) electrons. The lowest BCUT2D eigenvalue weighted by Crippen LogP contribution is -2.15. The van der Waals surface area contributed by atoms with E-state index >= 15 is 0 Å². The Morgan fingerprint density at radius 3 is 1.18 bits per heavy atom. The molecule has 0 fully saturated rings. The van der Waals surface area contributed by atoms with Crippen LogP contribution in [-0.4, -0.2) is 46.4 Å². The molecule has 0 aromatic carbocycles. The van der Waals surface area contributed by atoms with E-state index in [-0.39, 0.29) is 19.8 Å². The van der Waals surface area contributed by atoms with Crippen molar-refractivity contribution in [2.24, 2.45) is 0 Å². The molecular formula is C7H20O4. The molecule has 0 aromatic rings. The van der Waals surface area contributed by atoms with E-state index in [2.05, 4.69) is 0 Å². The Balaban J connectivity index is -0.000000109. The van der Waals surface area contributed by atoms with Gasteiger partial charge in [-0.25, -0.2) is 0 Å². The molecule has 4 nitrogen and oxygen atoms in total. The standard InChI is InChI=1S/C3H8O3.C2H6O.C2H6/c4-1-3(6)2-5;1-2-3;1-2/h3-6H,1-2H2;3H,2H2,1H3;1-2H3. The highest BCUT2D eigenvalue weighted by atomic mass is 16.3. The molecule has 0 heterocycles. The fourth-order valence-electron chi connectivity index (χ4n) is 0.0577. The van der Waals surface area contributed by atoms with Crippen LogP contribution in [0.2, 0.25) is 0 Å². The second-order valence-electron chi connectivity index (χ2n) is 1.34. The summed E-state index contributed by atoms with van der Waals surface area (Å²) < 4.78 is 0. The van der Waals surface area contributed by atoms with Gasteiger partial charge in [-0.2, -0.15) is 0 Å². The van der Waals surface area contributed by atoms with Crippen LogP contribution >= 0.6 is 0 Å². The van der Waals surface area contributed by atoms with Crippen molar-refractivity contribution in [1.29, 1.82) is 0 Å². The van der Waals surface area contributed by atoms with Gasteiger partial charge in [-0.15, -0.1) is 0 Å². The van der Waals surface area contributed by atoms with Crippen molar-refractivity contribution in [3.8, 4) is 0 Å². The molecule has 0 aliphatic rings. The molecule has 0 saturated carbocycles. The highest BCUT2D eigenvalue weighted by Crippen LogP contribution is 1.71. The second kappa shape index (κ2) is 22.5. The van der Waals surface area contributed by atoms with Gasteiger partial charge in [0.05, 0.1) is 13.2 Å². The van der Waals surface area contributed by atoms with E-state index < -0.39 is 6.10 Å². The van der Waals surface area contributed by atoms with Crippen LogP contribution in [0.1, 0.15) is 20.8 Å². The Hall–Kier alpha value is -0.160. The van der Waals surface area contributed by atoms with Gasteiger partial charge >= 0.3 is 0 Å². The minimum absolute atomic E-state index is 0.250. The molecule has 0 atom stereocenters. The molecule has 0 aliphatic heterocycles. The summed E-state index contributed by atoms with van der Waals surface area (Å²) in [4.78, 5) is 0. The molecule has 0 saturated heterocycles. The smallest absolute Gasteiger partial charge is 0.100 e. The molecule has 11 heavy (non-hydrogen) atoms. The third kappa shape index (κ3) is 41.0. The van der Waals surface area contributed by atoms with Gasteiger partial charge in [0.2, 0.25) is 0 Å². The van der Waals surface area contributed by atoms with Gasteiger partial charge in [0.25, 0.3) is 0 Å². The quantitative estimate of drug-likeness (QED) is 0.442. The van der Waals surface area contributed by atoms with Crippen molar-refractivity contribution >= 4 is 0 Å². The van der Waals surface area contributed by atoms with E-state index in [1.54, 1.807) is 6.92 Å². The van der Waals surface area contributed by atoms with Crippen molar-refractivity contribution < 1.29 is 20.4 Å². The predicted molar refractivity (Wildman–Crippen MR) is 44.3 cm³/mol. The number of aliphatic hydroxyl groups is 4. The summed E-state index contributed by atoms with van der Waals surface area (Å²) in [7, 11) is 0. The van der Waals surface area contributed by atoms with Gasteiger partial charge in [0.1, 0.15) is 6.10 Å². The monoisotopic (exact) mass is 168 g/mol. The van der Waals surface area contributed by atoms with Gasteiger partial charge in [-0.05, 0) is 6.92 Å². The summed E-state index contributed by atoms with van der Waals surface area (Å²) in [5, 5.41) is 31.6. The van der Waals surface area contributed by atoms with Crippen molar-refractivity contribution in [2.45, 2.75) is 26.9 Å². The first kappa shape index (κ1) is 17.1. The summed E-state index contributed by atoms with van der Waals surface area (Å²) in [6.07, 6.45) is -0.954. The van der Waals surface area contributed by atoms with Crippen molar-refractivity contribution in [3.05, 3.63) is 0 Å². The van der Waals surface area contributed by atoms with Crippen LogP contribution in [0.15, 0.2) is 0 Å². The van der Waals surface area contributed by atoms with Crippen LogP contribution in [0, 0.1) is 0 Å². The molecule has 0 rings (SSSR count). The third-order valence-electron chi connectivity index (χ3n) is 0.421.